The predicted octanol–water partition coefficient (Wildman–Crippen LogP) is 3.13. The molecule has 0 bridgehead atoms. The number of halogens is 2. The molecule has 122 valence electrons. The largest absolute Gasteiger partial charge is 0.376 e. The lowest BCUT2D eigenvalue weighted by atomic mass is 10.1. The van der Waals surface area contributed by atoms with Crippen LogP contribution >= 0.6 is 35.0 Å². The second-order valence-corrected chi connectivity index (χ2v) is 6.88. The number of Topliss-reactive ketones (excluding diaryl/α,β-unsaturated/α-hetero) is 1. The van der Waals surface area contributed by atoms with Crippen LogP contribution in [0.3, 0.4) is 0 Å². The number of benzene rings is 1. The minimum atomic E-state index is -0.0553. The van der Waals surface area contributed by atoms with E-state index in [2.05, 4.69) is 15.5 Å². The van der Waals surface area contributed by atoms with Gasteiger partial charge in [0.1, 0.15) is 0 Å². The van der Waals surface area contributed by atoms with Gasteiger partial charge in [0, 0.05) is 12.2 Å². The minimum absolute atomic E-state index is 0.0553. The van der Waals surface area contributed by atoms with E-state index in [1.54, 1.807) is 22.9 Å². The van der Waals surface area contributed by atoms with E-state index in [4.69, 9.17) is 27.9 Å². The van der Waals surface area contributed by atoms with Crippen molar-refractivity contribution in [1.82, 2.24) is 20.2 Å². The van der Waals surface area contributed by atoms with Crippen LogP contribution in [0.5, 0.6) is 0 Å². The number of hydrogen-bond acceptors (Lipinski definition) is 6. The number of hydrogen-bond donors (Lipinski definition) is 0. The average molecular weight is 373 g/mol. The SMILES string of the molecule is O=C(CSc1nnnn1CC1CCCO1)c1ccc(Cl)c(Cl)c1. The molecule has 0 amide bonds. The highest BCUT2D eigenvalue weighted by atomic mass is 35.5. The molecule has 1 aromatic carbocycles. The number of aromatic nitrogens is 4. The molecular weight excluding hydrogens is 359 g/mol. The number of tetrazole rings is 1. The van der Waals surface area contributed by atoms with Gasteiger partial charge in [0.15, 0.2) is 5.78 Å². The third-order valence-corrected chi connectivity index (χ3v) is 5.17. The van der Waals surface area contributed by atoms with Crippen molar-refractivity contribution < 1.29 is 9.53 Å². The molecule has 6 nitrogen and oxygen atoms in total. The molecule has 0 saturated carbocycles. The van der Waals surface area contributed by atoms with Crippen molar-refractivity contribution in [1.29, 1.82) is 0 Å². The van der Waals surface area contributed by atoms with Crippen molar-refractivity contribution in [2.75, 3.05) is 12.4 Å². The Kier molecular flexibility index (Phi) is 5.53. The first-order chi connectivity index (χ1) is 11.1. The molecule has 1 unspecified atom stereocenters. The lowest BCUT2D eigenvalue weighted by Gasteiger charge is -2.09. The first-order valence-electron chi connectivity index (χ1n) is 7.12. The van der Waals surface area contributed by atoms with E-state index in [-0.39, 0.29) is 17.6 Å². The second kappa shape index (κ2) is 7.61. The fraction of sp³-hybridized carbons (Fsp3) is 0.429. The van der Waals surface area contributed by atoms with Crippen LogP contribution in [0.15, 0.2) is 23.4 Å². The van der Waals surface area contributed by atoms with Gasteiger partial charge in [-0.05, 0) is 41.5 Å². The highest BCUT2D eigenvalue weighted by molar-refractivity contribution is 7.99. The maximum absolute atomic E-state index is 12.2. The molecule has 1 aliphatic rings. The molecule has 1 aromatic heterocycles. The minimum Gasteiger partial charge on any atom is -0.376 e. The number of nitrogens with zero attached hydrogens (tertiary/aromatic N) is 4. The zero-order valence-electron chi connectivity index (χ0n) is 12.1. The first-order valence-corrected chi connectivity index (χ1v) is 8.86. The molecule has 0 spiro atoms. The predicted molar refractivity (Wildman–Crippen MR) is 88.3 cm³/mol. The molecule has 9 heteroatoms. The fourth-order valence-electron chi connectivity index (χ4n) is 2.28. The number of carbonyl (C=O) groups is 1. The molecule has 1 saturated heterocycles. The van der Waals surface area contributed by atoms with Gasteiger partial charge in [-0.1, -0.05) is 35.0 Å². The van der Waals surface area contributed by atoms with Crippen molar-refractivity contribution in [3.63, 3.8) is 0 Å². The lowest BCUT2D eigenvalue weighted by Crippen LogP contribution is -2.17. The Morgan fingerprint density at radius 1 is 1.39 bits per heavy atom. The Hall–Kier alpha value is -1.15. The summed E-state index contributed by atoms with van der Waals surface area (Å²) in [5.41, 5.74) is 0.519. The number of ketones is 1. The maximum atomic E-state index is 12.2. The van der Waals surface area contributed by atoms with Crippen molar-refractivity contribution >= 4 is 40.7 Å². The first kappa shape index (κ1) is 16.7. The Morgan fingerprint density at radius 2 is 2.26 bits per heavy atom. The average Bonchev–Trinajstić information content (AvgIpc) is 3.20. The van der Waals surface area contributed by atoms with Crippen molar-refractivity contribution in [2.24, 2.45) is 0 Å². The topological polar surface area (TPSA) is 69.9 Å². The van der Waals surface area contributed by atoms with Crippen LogP contribution in [-0.2, 0) is 11.3 Å². The summed E-state index contributed by atoms with van der Waals surface area (Å²) in [5, 5.41) is 13.0. The highest BCUT2D eigenvalue weighted by Crippen LogP contribution is 2.24. The van der Waals surface area contributed by atoms with Gasteiger partial charge in [-0.15, -0.1) is 5.10 Å². The van der Waals surface area contributed by atoms with E-state index in [0.29, 0.717) is 27.3 Å². The Morgan fingerprint density at radius 3 is 3.00 bits per heavy atom. The van der Waals surface area contributed by atoms with Crippen molar-refractivity contribution in [2.45, 2.75) is 30.6 Å². The third kappa shape index (κ3) is 4.23. The summed E-state index contributed by atoms with van der Waals surface area (Å²) < 4.78 is 7.26. The molecule has 1 fully saturated rings. The Labute approximate surface area is 147 Å². The van der Waals surface area contributed by atoms with E-state index in [1.807, 2.05) is 0 Å². The van der Waals surface area contributed by atoms with Crippen LogP contribution < -0.4 is 0 Å². The zero-order chi connectivity index (χ0) is 16.2. The fourth-order valence-corrected chi connectivity index (χ4v) is 3.36. The molecule has 2 aromatic rings. The van der Waals surface area contributed by atoms with Gasteiger partial charge in [-0.25, -0.2) is 4.68 Å². The molecule has 0 aliphatic carbocycles. The van der Waals surface area contributed by atoms with Crippen LogP contribution in [0.25, 0.3) is 0 Å². The van der Waals surface area contributed by atoms with Gasteiger partial charge in [0.2, 0.25) is 5.16 Å². The van der Waals surface area contributed by atoms with Crippen LogP contribution in [-0.4, -0.2) is 44.5 Å². The molecule has 2 heterocycles. The monoisotopic (exact) mass is 372 g/mol. The van der Waals surface area contributed by atoms with E-state index in [1.165, 1.54) is 11.8 Å². The molecule has 23 heavy (non-hydrogen) atoms. The standard InChI is InChI=1S/C14H14Cl2N4O2S/c15-11-4-3-9(6-12(11)16)13(21)8-23-14-17-18-19-20(14)7-10-2-1-5-22-10/h3-4,6,10H,1-2,5,7-8H2. The van der Waals surface area contributed by atoms with Crippen molar-refractivity contribution in [3.05, 3.63) is 33.8 Å². The molecule has 1 atom stereocenters. The molecule has 3 rings (SSSR count). The number of thioether (sulfide) groups is 1. The lowest BCUT2D eigenvalue weighted by molar-refractivity contribution is 0.0912. The smallest absolute Gasteiger partial charge is 0.209 e. The summed E-state index contributed by atoms with van der Waals surface area (Å²) in [7, 11) is 0. The van der Waals surface area contributed by atoms with Gasteiger partial charge in [0.25, 0.3) is 0 Å². The highest BCUT2D eigenvalue weighted by Gasteiger charge is 2.19. The van der Waals surface area contributed by atoms with Gasteiger partial charge in [-0.2, -0.15) is 0 Å². The zero-order valence-corrected chi connectivity index (χ0v) is 14.4. The number of carbonyl (C=O) groups excluding carboxylic acids is 1. The molecular formula is C14H14Cl2N4O2S. The summed E-state index contributed by atoms with van der Waals surface area (Å²) >= 11 is 13.1. The normalized spacial score (nSPS) is 17.6. The second-order valence-electron chi connectivity index (χ2n) is 5.12. The van der Waals surface area contributed by atoms with Gasteiger partial charge >= 0.3 is 0 Å². The third-order valence-electron chi connectivity index (χ3n) is 3.47. The van der Waals surface area contributed by atoms with Crippen molar-refractivity contribution in [3.8, 4) is 0 Å². The van der Waals surface area contributed by atoms with E-state index in [0.717, 1.165) is 19.4 Å². The summed E-state index contributed by atoms with van der Waals surface area (Å²) in [5.74, 6) is 0.171. The van der Waals surface area contributed by atoms with E-state index >= 15 is 0 Å². The van der Waals surface area contributed by atoms with E-state index in [9.17, 15) is 4.79 Å². The Balaban J connectivity index is 1.60. The molecule has 0 N–H and O–H groups in total. The molecule has 0 radical (unpaired) electrons. The number of rotatable bonds is 6. The number of ether oxygens (including phenoxy) is 1. The van der Waals surface area contributed by atoms with Gasteiger partial charge < -0.3 is 4.74 Å². The van der Waals surface area contributed by atoms with Crippen LogP contribution in [0.1, 0.15) is 23.2 Å². The van der Waals surface area contributed by atoms with E-state index < -0.39 is 0 Å². The summed E-state index contributed by atoms with van der Waals surface area (Å²) in [6.45, 7) is 1.39. The summed E-state index contributed by atoms with van der Waals surface area (Å²) in [6.07, 6.45) is 2.21. The van der Waals surface area contributed by atoms with Crippen LogP contribution in [0, 0.1) is 0 Å². The summed E-state index contributed by atoms with van der Waals surface area (Å²) in [4.78, 5) is 12.2. The molecule has 1 aliphatic heterocycles. The maximum Gasteiger partial charge on any atom is 0.209 e. The Bertz CT molecular complexity index is 704. The van der Waals surface area contributed by atoms with Crippen LogP contribution in [0.4, 0.5) is 0 Å². The van der Waals surface area contributed by atoms with Gasteiger partial charge in [0.05, 0.1) is 28.4 Å². The quantitative estimate of drug-likeness (QED) is 0.572. The van der Waals surface area contributed by atoms with Gasteiger partial charge in [-0.3, -0.25) is 4.79 Å². The summed E-state index contributed by atoms with van der Waals surface area (Å²) in [6, 6.07) is 4.85. The van der Waals surface area contributed by atoms with Crippen LogP contribution in [0.2, 0.25) is 10.0 Å².